The predicted octanol–water partition coefficient (Wildman–Crippen LogP) is 6.54. The summed E-state index contributed by atoms with van der Waals surface area (Å²) in [7, 11) is 2.78. The molecule has 49 heavy (non-hydrogen) atoms. The van der Waals surface area contributed by atoms with E-state index in [-0.39, 0.29) is 12.1 Å². The SMILES string of the molecule is COC(=O)Nc1ccccc1CC[C@@H]1CO[C@H](CCc2ccccc2NC(=O)[C@H](C(c2ccccc2)c2ccccc2)N(C)C(=O)O)CN1. The third-order valence-corrected chi connectivity index (χ3v) is 9.00. The second-order valence-electron chi connectivity index (χ2n) is 12.2. The molecule has 4 N–H and O–H groups in total. The van der Waals surface area contributed by atoms with Gasteiger partial charge in [0.05, 0.1) is 19.8 Å². The maximum atomic E-state index is 14.1. The number of nitrogens with one attached hydrogen (secondary N) is 3. The van der Waals surface area contributed by atoms with Crippen LogP contribution in [0.15, 0.2) is 109 Å². The van der Waals surface area contributed by atoms with Gasteiger partial charge >= 0.3 is 12.2 Å². The summed E-state index contributed by atoms with van der Waals surface area (Å²) in [5, 5.41) is 19.5. The van der Waals surface area contributed by atoms with Crippen LogP contribution in [0.4, 0.5) is 21.0 Å². The molecule has 0 unspecified atom stereocenters. The second-order valence-corrected chi connectivity index (χ2v) is 12.2. The van der Waals surface area contributed by atoms with Gasteiger partial charge in [0.15, 0.2) is 0 Å². The molecular formula is C39H44N4O6. The largest absolute Gasteiger partial charge is 0.465 e. The second kappa shape index (κ2) is 17.3. The lowest BCUT2D eigenvalue weighted by Gasteiger charge is -2.33. The van der Waals surface area contributed by atoms with Gasteiger partial charge in [0, 0.05) is 36.9 Å². The third kappa shape index (κ3) is 9.46. The van der Waals surface area contributed by atoms with E-state index < -0.39 is 30.1 Å². The molecule has 1 saturated heterocycles. The lowest BCUT2D eigenvalue weighted by molar-refractivity contribution is -0.120. The van der Waals surface area contributed by atoms with Crippen molar-refractivity contribution in [3.05, 3.63) is 131 Å². The molecule has 0 aliphatic carbocycles. The van der Waals surface area contributed by atoms with Crippen molar-refractivity contribution >= 4 is 29.5 Å². The van der Waals surface area contributed by atoms with Gasteiger partial charge in [-0.25, -0.2) is 9.59 Å². The van der Waals surface area contributed by atoms with E-state index in [9.17, 15) is 19.5 Å². The highest BCUT2D eigenvalue weighted by molar-refractivity contribution is 5.98. The summed E-state index contributed by atoms with van der Waals surface area (Å²) in [5.41, 5.74) is 5.06. The molecule has 4 aromatic carbocycles. The number of benzene rings is 4. The summed E-state index contributed by atoms with van der Waals surface area (Å²) in [4.78, 5) is 39.2. The lowest BCUT2D eigenvalue weighted by Crippen LogP contribution is -2.48. The fraction of sp³-hybridized carbons (Fsp3) is 0.308. The lowest BCUT2D eigenvalue weighted by atomic mass is 9.84. The molecule has 0 radical (unpaired) electrons. The summed E-state index contributed by atoms with van der Waals surface area (Å²) < 4.78 is 11.0. The van der Waals surface area contributed by atoms with E-state index >= 15 is 0 Å². The number of hydrogen-bond acceptors (Lipinski definition) is 6. The topological polar surface area (TPSA) is 129 Å². The van der Waals surface area contributed by atoms with Gasteiger partial charge in [0.1, 0.15) is 6.04 Å². The Bertz CT molecular complexity index is 1640. The van der Waals surface area contributed by atoms with E-state index in [1.165, 1.54) is 14.2 Å². The molecule has 0 bridgehead atoms. The maximum absolute atomic E-state index is 14.1. The Morgan fingerprint density at radius 3 is 1.88 bits per heavy atom. The van der Waals surface area contributed by atoms with Crippen LogP contribution < -0.4 is 16.0 Å². The van der Waals surface area contributed by atoms with Gasteiger partial charge < -0.3 is 25.2 Å². The Labute approximate surface area is 287 Å². The molecular weight excluding hydrogens is 620 g/mol. The number of carbonyl (C=O) groups is 3. The van der Waals surface area contributed by atoms with E-state index in [4.69, 9.17) is 9.47 Å². The molecule has 10 nitrogen and oxygen atoms in total. The molecule has 3 amide bonds. The van der Waals surface area contributed by atoms with Gasteiger partial charge in [0.25, 0.3) is 0 Å². The zero-order valence-electron chi connectivity index (χ0n) is 27.9. The third-order valence-electron chi connectivity index (χ3n) is 9.00. The Balaban J connectivity index is 1.21. The van der Waals surface area contributed by atoms with Crippen molar-refractivity contribution in [3.8, 4) is 0 Å². The van der Waals surface area contributed by atoms with Crippen molar-refractivity contribution in [3.63, 3.8) is 0 Å². The quantitative estimate of drug-likeness (QED) is 0.128. The number of nitrogens with zero attached hydrogens (tertiary/aromatic N) is 1. The molecule has 0 aromatic heterocycles. The Kier molecular flexibility index (Phi) is 12.4. The number of para-hydroxylation sites is 2. The Morgan fingerprint density at radius 2 is 1.35 bits per heavy atom. The van der Waals surface area contributed by atoms with Gasteiger partial charge in [-0.15, -0.1) is 0 Å². The smallest absolute Gasteiger partial charge is 0.411 e. The van der Waals surface area contributed by atoms with Crippen LogP contribution in [0.3, 0.4) is 0 Å². The van der Waals surface area contributed by atoms with E-state index in [1.54, 1.807) is 0 Å². The zero-order valence-corrected chi connectivity index (χ0v) is 27.9. The zero-order chi connectivity index (χ0) is 34.6. The Morgan fingerprint density at radius 1 is 0.816 bits per heavy atom. The minimum Gasteiger partial charge on any atom is -0.465 e. The summed E-state index contributed by atoms with van der Waals surface area (Å²) in [6.45, 7) is 1.27. The normalized spacial score (nSPS) is 16.4. The van der Waals surface area contributed by atoms with Gasteiger partial charge in [-0.3, -0.25) is 15.0 Å². The molecule has 256 valence electrons. The fourth-order valence-corrected chi connectivity index (χ4v) is 6.32. The fourth-order valence-electron chi connectivity index (χ4n) is 6.32. The molecule has 5 rings (SSSR count). The van der Waals surface area contributed by atoms with E-state index in [1.807, 2.05) is 109 Å². The first-order chi connectivity index (χ1) is 23.8. The molecule has 3 atom stereocenters. The summed E-state index contributed by atoms with van der Waals surface area (Å²) >= 11 is 0. The minimum atomic E-state index is -1.19. The van der Waals surface area contributed by atoms with Crippen LogP contribution in [0.25, 0.3) is 0 Å². The van der Waals surface area contributed by atoms with Gasteiger partial charge in [0.2, 0.25) is 5.91 Å². The van der Waals surface area contributed by atoms with E-state index in [0.717, 1.165) is 52.1 Å². The van der Waals surface area contributed by atoms with Gasteiger partial charge in [-0.05, 0) is 60.1 Å². The molecule has 1 aliphatic heterocycles. The number of likely N-dealkylation sites (N-methyl/N-ethyl adjacent to an activating group) is 1. The summed E-state index contributed by atoms with van der Waals surface area (Å²) in [6.07, 6.45) is 1.35. The number of ether oxygens (including phenoxy) is 2. The minimum absolute atomic E-state index is 0.000260. The standard InChI is InChI=1S/C39H44N4O6/c1-43(39(46)47)36(35(29-15-5-3-6-16-29)30-17-7-4-8-18-30)37(44)41-33-19-11-9-14-28(33)22-24-32-25-40-31(26-49-32)23-21-27-13-10-12-20-34(27)42-38(45)48-2/h3-20,31-32,35-36,40H,21-26H2,1-2H3,(H,41,44)(H,42,45)(H,46,47)/t31-,32-,36+/m1/s1. The van der Waals surface area contributed by atoms with Crippen LogP contribution in [0, 0.1) is 0 Å². The van der Waals surface area contributed by atoms with Crippen LogP contribution in [0.5, 0.6) is 0 Å². The summed E-state index contributed by atoms with van der Waals surface area (Å²) in [5.74, 6) is -0.931. The summed E-state index contributed by atoms with van der Waals surface area (Å²) in [6, 6.07) is 33.5. The van der Waals surface area contributed by atoms with Crippen LogP contribution in [0.1, 0.15) is 41.0 Å². The van der Waals surface area contributed by atoms with Crippen LogP contribution in [0.2, 0.25) is 0 Å². The number of rotatable bonds is 13. The van der Waals surface area contributed by atoms with Crippen molar-refractivity contribution in [2.75, 3.05) is 37.9 Å². The molecule has 1 aliphatic rings. The Hall–Kier alpha value is -5.19. The van der Waals surface area contributed by atoms with Crippen LogP contribution in [-0.2, 0) is 27.1 Å². The van der Waals surface area contributed by atoms with Crippen molar-refractivity contribution in [2.24, 2.45) is 0 Å². The first-order valence-corrected chi connectivity index (χ1v) is 16.6. The molecule has 0 saturated carbocycles. The van der Waals surface area contributed by atoms with Gasteiger partial charge in [-0.1, -0.05) is 97.1 Å². The highest BCUT2D eigenvalue weighted by Crippen LogP contribution is 2.32. The monoisotopic (exact) mass is 664 g/mol. The molecule has 1 heterocycles. The number of carbonyl (C=O) groups excluding carboxylic acids is 2. The first kappa shape index (κ1) is 35.1. The van der Waals surface area contributed by atoms with Crippen molar-refractivity contribution in [1.82, 2.24) is 10.2 Å². The van der Waals surface area contributed by atoms with Crippen LogP contribution in [-0.4, -0.2) is 73.6 Å². The molecule has 0 spiro atoms. The number of aryl methyl sites for hydroxylation is 2. The molecule has 10 heteroatoms. The van der Waals surface area contributed by atoms with Crippen LogP contribution >= 0.6 is 0 Å². The van der Waals surface area contributed by atoms with E-state index in [0.29, 0.717) is 25.3 Å². The predicted molar refractivity (Wildman–Crippen MR) is 190 cm³/mol. The number of hydrogen-bond donors (Lipinski definition) is 4. The first-order valence-electron chi connectivity index (χ1n) is 16.6. The van der Waals surface area contributed by atoms with Crippen molar-refractivity contribution < 1.29 is 29.0 Å². The van der Waals surface area contributed by atoms with Crippen molar-refractivity contribution in [1.29, 1.82) is 0 Å². The average molecular weight is 665 g/mol. The average Bonchev–Trinajstić information content (AvgIpc) is 3.13. The molecule has 4 aromatic rings. The number of amides is 3. The van der Waals surface area contributed by atoms with E-state index in [2.05, 4.69) is 16.0 Å². The highest BCUT2D eigenvalue weighted by atomic mass is 16.5. The number of methoxy groups -OCH3 is 1. The van der Waals surface area contributed by atoms with Gasteiger partial charge in [-0.2, -0.15) is 0 Å². The maximum Gasteiger partial charge on any atom is 0.411 e. The molecule has 1 fully saturated rings. The van der Waals surface area contributed by atoms with Crippen molar-refractivity contribution in [2.45, 2.75) is 49.8 Å². The highest BCUT2D eigenvalue weighted by Gasteiger charge is 2.37. The number of anilines is 2. The number of morpholine rings is 1. The number of carboxylic acid groups (broad SMARTS) is 1.